The number of anilines is 1. The minimum atomic E-state index is -0.241. The molecule has 3 heterocycles. The van der Waals surface area contributed by atoms with Crippen LogP contribution in [-0.2, 0) is 0 Å². The van der Waals surface area contributed by atoms with Crippen LogP contribution in [0.25, 0.3) is 5.82 Å². The Bertz CT molecular complexity index is 869. The van der Waals surface area contributed by atoms with Crippen molar-refractivity contribution in [3.63, 3.8) is 0 Å². The van der Waals surface area contributed by atoms with E-state index in [0.29, 0.717) is 18.7 Å². The molecule has 0 atom stereocenters. The molecule has 0 spiro atoms. The summed E-state index contributed by atoms with van der Waals surface area (Å²) in [6.45, 7) is 2.69. The maximum absolute atomic E-state index is 13.0. The average Bonchev–Trinajstić information content (AvgIpc) is 3.23. The number of amides is 1. The Kier molecular flexibility index (Phi) is 4.35. The van der Waals surface area contributed by atoms with Gasteiger partial charge < -0.3 is 9.80 Å². The van der Waals surface area contributed by atoms with Crippen molar-refractivity contribution >= 4 is 11.6 Å². The highest BCUT2D eigenvalue weighted by Crippen LogP contribution is 2.18. The number of hydrogen-bond donors (Lipinski definition) is 0. The van der Waals surface area contributed by atoms with Crippen molar-refractivity contribution in [2.75, 3.05) is 31.1 Å². The molecule has 26 heavy (non-hydrogen) atoms. The molecule has 6 nitrogen and oxygen atoms in total. The van der Waals surface area contributed by atoms with E-state index in [2.05, 4.69) is 14.9 Å². The van der Waals surface area contributed by atoms with Gasteiger partial charge in [-0.1, -0.05) is 0 Å². The minimum absolute atomic E-state index is 0.0200. The number of carbonyl (C=O) groups excluding carboxylic acids is 1. The van der Waals surface area contributed by atoms with Gasteiger partial charge in [-0.25, -0.2) is 14.4 Å². The lowest BCUT2D eigenvalue weighted by molar-refractivity contribution is 0.0746. The van der Waals surface area contributed by atoms with E-state index in [0.717, 1.165) is 24.6 Å². The van der Waals surface area contributed by atoms with Crippen LogP contribution in [0.15, 0.2) is 61.3 Å². The molecule has 2 aromatic heterocycles. The zero-order valence-electron chi connectivity index (χ0n) is 14.1. The first-order valence-corrected chi connectivity index (χ1v) is 8.45. The Hall–Kier alpha value is -3.22. The molecule has 7 heteroatoms. The van der Waals surface area contributed by atoms with Crippen LogP contribution in [0.1, 0.15) is 10.4 Å². The monoisotopic (exact) mass is 351 g/mol. The number of rotatable bonds is 3. The molecule has 0 bridgehead atoms. The SMILES string of the molecule is O=C(c1ccc(-n2ccnc2)nc1)N1CCN(c2ccc(F)cc2)CC1. The first-order valence-electron chi connectivity index (χ1n) is 8.45. The average molecular weight is 351 g/mol. The number of benzene rings is 1. The minimum Gasteiger partial charge on any atom is -0.368 e. The summed E-state index contributed by atoms with van der Waals surface area (Å²) in [5.74, 6) is 0.461. The lowest BCUT2D eigenvalue weighted by Gasteiger charge is -2.36. The molecule has 3 aromatic rings. The Morgan fingerprint density at radius 2 is 1.77 bits per heavy atom. The van der Waals surface area contributed by atoms with E-state index in [9.17, 15) is 9.18 Å². The standard InChI is InChI=1S/C19H18FN5O/c20-16-2-4-17(5-3-16)23-9-11-24(12-10-23)19(26)15-1-6-18(22-13-15)25-8-7-21-14-25/h1-8,13-14H,9-12H2. The normalized spacial score (nSPS) is 14.5. The fourth-order valence-corrected chi connectivity index (χ4v) is 3.06. The summed E-state index contributed by atoms with van der Waals surface area (Å²) in [6.07, 6.45) is 6.75. The number of nitrogens with zero attached hydrogens (tertiary/aromatic N) is 5. The van der Waals surface area contributed by atoms with E-state index in [1.165, 1.54) is 12.1 Å². The summed E-state index contributed by atoms with van der Waals surface area (Å²) in [4.78, 5) is 25.0. The molecular weight excluding hydrogens is 333 g/mol. The van der Waals surface area contributed by atoms with Gasteiger partial charge in [-0.3, -0.25) is 9.36 Å². The van der Waals surface area contributed by atoms with Crippen molar-refractivity contribution in [1.82, 2.24) is 19.4 Å². The van der Waals surface area contributed by atoms with E-state index in [4.69, 9.17) is 0 Å². The van der Waals surface area contributed by atoms with Gasteiger partial charge in [0.05, 0.1) is 5.56 Å². The number of aromatic nitrogens is 3. The van der Waals surface area contributed by atoms with Crippen molar-refractivity contribution < 1.29 is 9.18 Å². The van der Waals surface area contributed by atoms with E-state index in [-0.39, 0.29) is 11.7 Å². The van der Waals surface area contributed by atoms with Gasteiger partial charge >= 0.3 is 0 Å². The molecule has 0 radical (unpaired) electrons. The number of pyridine rings is 1. The maximum atomic E-state index is 13.0. The second kappa shape index (κ2) is 6.95. The Morgan fingerprint density at radius 1 is 1.00 bits per heavy atom. The summed E-state index contributed by atoms with van der Waals surface area (Å²) in [7, 11) is 0. The molecule has 1 aromatic carbocycles. The topological polar surface area (TPSA) is 54.3 Å². The first kappa shape index (κ1) is 16.3. The van der Waals surface area contributed by atoms with E-state index >= 15 is 0 Å². The number of imidazole rings is 1. The van der Waals surface area contributed by atoms with Crippen LogP contribution < -0.4 is 4.90 Å². The number of carbonyl (C=O) groups is 1. The summed E-state index contributed by atoms with van der Waals surface area (Å²) < 4.78 is 14.8. The Morgan fingerprint density at radius 3 is 2.38 bits per heavy atom. The third-order valence-electron chi connectivity index (χ3n) is 4.52. The van der Waals surface area contributed by atoms with Gasteiger partial charge in [0.15, 0.2) is 0 Å². The quantitative estimate of drug-likeness (QED) is 0.727. The van der Waals surface area contributed by atoms with E-state index in [1.807, 2.05) is 11.0 Å². The van der Waals surface area contributed by atoms with Gasteiger partial charge in [0, 0.05) is 50.5 Å². The number of piperazine rings is 1. The van der Waals surface area contributed by atoms with Crippen LogP contribution in [0.4, 0.5) is 10.1 Å². The third kappa shape index (κ3) is 3.28. The molecule has 1 amide bonds. The van der Waals surface area contributed by atoms with Crippen molar-refractivity contribution in [1.29, 1.82) is 0 Å². The fraction of sp³-hybridized carbons (Fsp3) is 0.211. The zero-order valence-corrected chi connectivity index (χ0v) is 14.1. The predicted octanol–water partition coefficient (Wildman–Crippen LogP) is 2.37. The molecule has 1 fully saturated rings. The fourth-order valence-electron chi connectivity index (χ4n) is 3.06. The Labute approximate surface area is 150 Å². The predicted molar refractivity (Wildman–Crippen MR) is 95.9 cm³/mol. The van der Waals surface area contributed by atoms with Crippen molar-refractivity contribution in [2.45, 2.75) is 0 Å². The summed E-state index contributed by atoms with van der Waals surface area (Å²) in [5, 5.41) is 0. The molecule has 0 unspecified atom stereocenters. The smallest absolute Gasteiger partial charge is 0.255 e. The molecule has 132 valence electrons. The van der Waals surface area contributed by atoms with Gasteiger partial charge in [-0.05, 0) is 36.4 Å². The van der Waals surface area contributed by atoms with E-state index < -0.39 is 0 Å². The second-order valence-electron chi connectivity index (χ2n) is 6.13. The highest BCUT2D eigenvalue weighted by Gasteiger charge is 2.22. The summed E-state index contributed by atoms with van der Waals surface area (Å²) in [5.41, 5.74) is 1.55. The Balaban J connectivity index is 1.39. The highest BCUT2D eigenvalue weighted by atomic mass is 19.1. The largest absolute Gasteiger partial charge is 0.368 e. The van der Waals surface area contributed by atoms with Crippen LogP contribution in [0.5, 0.6) is 0 Å². The van der Waals surface area contributed by atoms with Crippen molar-refractivity contribution in [3.8, 4) is 5.82 Å². The van der Waals surface area contributed by atoms with Crippen LogP contribution in [0, 0.1) is 5.82 Å². The zero-order chi connectivity index (χ0) is 17.9. The molecule has 4 rings (SSSR count). The highest BCUT2D eigenvalue weighted by molar-refractivity contribution is 5.94. The molecule has 0 aliphatic carbocycles. The molecular formula is C19H18FN5O. The molecule has 1 aliphatic rings. The first-order chi connectivity index (χ1) is 12.7. The van der Waals surface area contributed by atoms with Gasteiger partial charge in [-0.2, -0.15) is 0 Å². The van der Waals surface area contributed by atoms with E-state index in [1.54, 1.807) is 47.7 Å². The lowest BCUT2D eigenvalue weighted by Crippen LogP contribution is -2.48. The van der Waals surface area contributed by atoms with Crippen molar-refractivity contribution in [3.05, 3.63) is 72.7 Å². The third-order valence-corrected chi connectivity index (χ3v) is 4.52. The van der Waals surface area contributed by atoms with Crippen molar-refractivity contribution in [2.24, 2.45) is 0 Å². The maximum Gasteiger partial charge on any atom is 0.255 e. The number of halogens is 1. The molecule has 0 N–H and O–H groups in total. The van der Waals surface area contributed by atoms with Gasteiger partial charge in [0.1, 0.15) is 18.0 Å². The van der Waals surface area contributed by atoms with Crippen LogP contribution in [-0.4, -0.2) is 51.5 Å². The van der Waals surface area contributed by atoms with Gasteiger partial charge in [0.25, 0.3) is 5.91 Å². The van der Waals surface area contributed by atoms with Gasteiger partial charge in [-0.15, -0.1) is 0 Å². The molecule has 0 saturated carbocycles. The van der Waals surface area contributed by atoms with Crippen LogP contribution >= 0.6 is 0 Å². The molecule has 1 aliphatic heterocycles. The molecule has 1 saturated heterocycles. The number of hydrogen-bond acceptors (Lipinski definition) is 4. The summed E-state index contributed by atoms with van der Waals surface area (Å²) >= 11 is 0. The van der Waals surface area contributed by atoms with Gasteiger partial charge in [0.2, 0.25) is 0 Å². The van der Waals surface area contributed by atoms with Crippen LogP contribution in [0.2, 0.25) is 0 Å². The van der Waals surface area contributed by atoms with Crippen LogP contribution in [0.3, 0.4) is 0 Å². The lowest BCUT2D eigenvalue weighted by atomic mass is 10.2. The summed E-state index contributed by atoms with van der Waals surface area (Å²) in [6, 6.07) is 10.1. The second-order valence-corrected chi connectivity index (χ2v) is 6.13.